The van der Waals surface area contributed by atoms with Crippen molar-refractivity contribution in [1.82, 2.24) is 5.32 Å². The van der Waals surface area contributed by atoms with E-state index in [1.54, 1.807) is 6.08 Å². The molecule has 0 unspecified atom stereocenters. The molecule has 0 aliphatic heterocycles. The van der Waals surface area contributed by atoms with Gasteiger partial charge in [-0.2, -0.15) is 0 Å². The van der Waals surface area contributed by atoms with Gasteiger partial charge in [0, 0.05) is 11.3 Å². The third kappa shape index (κ3) is 3.59. The number of nitrogens with one attached hydrogen (secondary N) is 1. The van der Waals surface area contributed by atoms with Crippen LogP contribution in [-0.4, -0.2) is 5.91 Å². The molecule has 1 amide bonds. The molecule has 18 heavy (non-hydrogen) atoms. The average molecular weight is 243 g/mol. The third-order valence-electron chi connectivity index (χ3n) is 2.89. The number of aryl methyl sites for hydroxylation is 1. The predicted molar refractivity (Wildman–Crippen MR) is 76.4 cm³/mol. The summed E-state index contributed by atoms with van der Waals surface area (Å²) < 4.78 is 0. The van der Waals surface area contributed by atoms with Crippen molar-refractivity contribution < 1.29 is 4.79 Å². The number of amides is 1. The molecule has 96 valence electrons. The number of carbonyl (C=O) groups is 1. The van der Waals surface area contributed by atoms with E-state index in [9.17, 15) is 4.79 Å². The van der Waals surface area contributed by atoms with Gasteiger partial charge in [0.05, 0.1) is 0 Å². The monoisotopic (exact) mass is 243 g/mol. The third-order valence-corrected chi connectivity index (χ3v) is 2.89. The summed E-state index contributed by atoms with van der Waals surface area (Å²) in [5, 5.41) is 2.92. The lowest BCUT2D eigenvalue weighted by molar-refractivity contribution is 0.0965. The summed E-state index contributed by atoms with van der Waals surface area (Å²) in [7, 11) is 0. The van der Waals surface area contributed by atoms with E-state index in [1.165, 1.54) is 0 Å². The number of allylic oxidation sites excluding steroid dienone is 3. The Morgan fingerprint density at radius 1 is 1.28 bits per heavy atom. The lowest BCUT2D eigenvalue weighted by atomic mass is 10.0. The topological polar surface area (TPSA) is 29.1 Å². The summed E-state index contributed by atoms with van der Waals surface area (Å²) in [4.78, 5) is 12.0. The molecule has 0 bridgehead atoms. The number of hydrogen-bond acceptors (Lipinski definition) is 1. The van der Waals surface area contributed by atoms with Gasteiger partial charge in [0.2, 0.25) is 0 Å². The van der Waals surface area contributed by atoms with Crippen molar-refractivity contribution >= 4 is 5.91 Å². The van der Waals surface area contributed by atoms with Crippen LogP contribution in [0.1, 0.15) is 36.7 Å². The molecule has 2 heteroatoms. The molecule has 0 radical (unpaired) electrons. The molecule has 0 saturated carbocycles. The minimum Gasteiger partial charge on any atom is -0.326 e. The zero-order valence-corrected chi connectivity index (χ0v) is 11.6. The van der Waals surface area contributed by atoms with E-state index in [-0.39, 0.29) is 5.91 Å². The van der Waals surface area contributed by atoms with Gasteiger partial charge < -0.3 is 5.32 Å². The quantitative estimate of drug-likeness (QED) is 0.800. The van der Waals surface area contributed by atoms with E-state index < -0.39 is 0 Å². The summed E-state index contributed by atoms with van der Waals surface area (Å²) in [5.41, 5.74) is 3.75. The molecule has 0 atom stereocenters. The maximum Gasteiger partial charge on any atom is 0.255 e. The van der Waals surface area contributed by atoms with Crippen molar-refractivity contribution in [3.8, 4) is 0 Å². The fourth-order valence-electron chi connectivity index (χ4n) is 1.84. The normalized spacial score (nSPS) is 12.1. The Balaban J connectivity index is 2.88. The molecule has 0 aromatic heterocycles. The molecule has 1 rings (SSSR count). The highest BCUT2D eigenvalue weighted by Gasteiger charge is 2.09. The first-order valence-electron chi connectivity index (χ1n) is 6.17. The molecule has 2 nitrogen and oxygen atoms in total. The van der Waals surface area contributed by atoms with Gasteiger partial charge in [-0.15, -0.1) is 0 Å². The predicted octanol–water partition coefficient (Wildman–Crippen LogP) is 3.84. The van der Waals surface area contributed by atoms with Crippen LogP contribution < -0.4 is 5.32 Å². The van der Waals surface area contributed by atoms with Gasteiger partial charge in [-0.25, -0.2) is 0 Å². The van der Waals surface area contributed by atoms with Crippen LogP contribution in [0.4, 0.5) is 0 Å². The largest absolute Gasteiger partial charge is 0.326 e. The second kappa shape index (κ2) is 6.20. The molecule has 0 aliphatic rings. The van der Waals surface area contributed by atoms with Crippen molar-refractivity contribution in [2.24, 2.45) is 5.92 Å². The second-order valence-corrected chi connectivity index (χ2v) is 4.76. The van der Waals surface area contributed by atoms with Crippen LogP contribution in [0.15, 0.2) is 48.2 Å². The summed E-state index contributed by atoms with van der Waals surface area (Å²) in [6, 6.07) is 7.54. The SMILES string of the molecule is C=C/C(=C(\C)NC(=O)c1ccc(C)cc1)C(C)C. The summed E-state index contributed by atoms with van der Waals surface area (Å²) >= 11 is 0. The lowest BCUT2D eigenvalue weighted by Crippen LogP contribution is -2.23. The van der Waals surface area contributed by atoms with Crippen molar-refractivity contribution in [3.63, 3.8) is 0 Å². The van der Waals surface area contributed by atoms with Crippen LogP contribution in [0.5, 0.6) is 0 Å². The van der Waals surface area contributed by atoms with Gasteiger partial charge >= 0.3 is 0 Å². The Morgan fingerprint density at radius 2 is 1.83 bits per heavy atom. The highest BCUT2D eigenvalue weighted by Crippen LogP contribution is 2.14. The molecular weight excluding hydrogens is 222 g/mol. The Kier molecular flexibility index (Phi) is 4.90. The summed E-state index contributed by atoms with van der Waals surface area (Å²) in [6.07, 6.45) is 1.80. The smallest absolute Gasteiger partial charge is 0.255 e. The van der Waals surface area contributed by atoms with Crippen LogP contribution in [0.3, 0.4) is 0 Å². The Bertz CT molecular complexity index is 466. The number of rotatable bonds is 4. The Labute approximate surface area is 109 Å². The molecular formula is C16H21NO. The van der Waals surface area contributed by atoms with Crippen molar-refractivity contribution in [1.29, 1.82) is 0 Å². The van der Waals surface area contributed by atoms with E-state index in [0.717, 1.165) is 16.8 Å². The zero-order valence-electron chi connectivity index (χ0n) is 11.6. The first-order chi connectivity index (χ1) is 8.45. The minimum absolute atomic E-state index is 0.0764. The van der Waals surface area contributed by atoms with E-state index in [0.29, 0.717) is 11.5 Å². The van der Waals surface area contributed by atoms with Gasteiger partial charge in [0.1, 0.15) is 0 Å². The molecule has 1 aromatic rings. The van der Waals surface area contributed by atoms with Crippen LogP contribution in [-0.2, 0) is 0 Å². The first-order valence-corrected chi connectivity index (χ1v) is 6.17. The lowest BCUT2D eigenvalue weighted by Gasteiger charge is -2.13. The summed E-state index contributed by atoms with van der Waals surface area (Å²) in [6.45, 7) is 11.9. The maximum absolute atomic E-state index is 12.0. The van der Waals surface area contributed by atoms with Crippen LogP contribution in [0.2, 0.25) is 0 Å². The Hall–Kier alpha value is -1.83. The van der Waals surface area contributed by atoms with Gasteiger partial charge in [0.15, 0.2) is 0 Å². The Morgan fingerprint density at radius 3 is 2.28 bits per heavy atom. The van der Waals surface area contributed by atoms with Crippen LogP contribution in [0, 0.1) is 12.8 Å². The molecule has 0 heterocycles. The van der Waals surface area contributed by atoms with E-state index in [1.807, 2.05) is 38.1 Å². The van der Waals surface area contributed by atoms with Gasteiger partial charge in [0.25, 0.3) is 5.91 Å². The molecule has 0 saturated heterocycles. The van der Waals surface area contributed by atoms with Crippen LogP contribution >= 0.6 is 0 Å². The molecule has 0 spiro atoms. The van der Waals surface area contributed by atoms with E-state index in [4.69, 9.17) is 0 Å². The van der Waals surface area contributed by atoms with E-state index >= 15 is 0 Å². The molecule has 1 aromatic carbocycles. The molecule has 0 fully saturated rings. The van der Waals surface area contributed by atoms with Crippen molar-refractivity contribution in [2.45, 2.75) is 27.7 Å². The van der Waals surface area contributed by atoms with Gasteiger partial charge in [-0.3, -0.25) is 4.79 Å². The minimum atomic E-state index is -0.0764. The highest BCUT2D eigenvalue weighted by molar-refractivity contribution is 5.95. The van der Waals surface area contributed by atoms with Gasteiger partial charge in [-0.1, -0.05) is 44.2 Å². The first kappa shape index (κ1) is 14.2. The fourth-order valence-corrected chi connectivity index (χ4v) is 1.84. The second-order valence-electron chi connectivity index (χ2n) is 4.76. The zero-order chi connectivity index (χ0) is 13.7. The fraction of sp³-hybridized carbons (Fsp3) is 0.312. The van der Waals surface area contributed by atoms with E-state index in [2.05, 4.69) is 25.7 Å². The highest BCUT2D eigenvalue weighted by atomic mass is 16.1. The van der Waals surface area contributed by atoms with Gasteiger partial charge in [-0.05, 0) is 37.5 Å². The van der Waals surface area contributed by atoms with Crippen molar-refractivity contribution in [2.75, 3.05) is 0 Å². The standard InChI is InChI=1S/C16H21NO/c1-6-15(11(2)3)13(5)17-16(18)14-9-7-12(4)8-10-14/h6-11H,1H2,2-5H3,(H,17,18)/b15-13-. The average Bonchev–Trinajstić information content (AvgIpc) is 2.29. The maximum atomic E-state index is 12.0. The number of hydrogen-bond donors (Lipinski definition) is 1. The number of benzene rings is 1. The molecule has 0 aliphatic carbocycles. The van der Waals surface area contributed by atoms with Crippen LogP contribution in [0.25, 0.3) is 0 Å². The number of carbonyl (C=O) groups excluding carboxylic acids is 1. The summed E-state index contributed by atoms with van der Waals surface area (Å²) in [5.74, 6) is 0.272. The molecule has 1 N–H and O–H groups in total. The van der Waals surface area contributed by atoms with Crippen molar-refractivity contribution in [3.05, 3.63) is 59.3 Å².